The molecule has 0 spiro atoms. The zero-order chi connectivity index (χ0) is 15.3. The molecule has 0 radical (unpaired) electrons. The van der Waals surface area contributed by atoms with Crippen LogP contribution in [-0.4, -0.2) is 17.7 Å². The molecule has 1 aromatic carbocycles. The van der Waals surface area contributed by atoms with Crippen LogP contribution in [0.2, 0.25) is 0 Å². The van der Waals surface area contributed by atoms with Gasteiger partial charge in [-0.2, -0.15) is 0 Å². The van der Waals surface area contributed by atoms with E-state index >= 15 is 0 Å². The summed E-state index contributed by atoms with van der Waals surface area (Å²) in [6.45, 7) is 8.13. The van der Waals surface area contributed by atoms with Gasteiger partial charge in [-0.15, -0.1) is 0 Å². The van der Waals surface area contributed by atoms with E-state index in [1.807, 2.05) is 0 Å². The van der Waals surface area contributed by atoms with Crippen molar-refractivity contribution in [2.75, 3.05) is 6.54 Å². The Labute approximate surface area is 130 Å². The maximum Gasteiger partial charge on any atom is 0.115 e. The predicted octanol–water partition coefficient (Wildman–Crippen LogP) is 4.52. The highest BCUT2D eigenvalue weighted by Crippen LogP contribution is 2.39. The summed E-state index contributed by atoms with van der Waals surface area (Å²) in [6, 6.07) is 8.29. The summed E-state index contributed by atoms with van der Waals surface area (Å²) >= 11 is 0. The molecule has 0 aliphatic heterocycles. The van der Waals surface area contributed by atoms with Crippen LogP contribution in [0.5, 0.6) is 5.75 Å². The SMILES string of the molecule is CCCNC(Cc1ccc(O)cc1)C1CCC(C)(C)CC1. The highest BCUT2D eigenvalue weighted by Gasteiger charge is 2.31. The largest absolute Gasteiger partial charge is 0.508 e. The van der Waals surface area contributed by atoms with Crippen molar-refractivity contribution in [3.05, 3.63) is 29.8 Å². The van der Waals surface area contributed by atoms with Gasteiger partial charge in [0, 0.05) is 6.04 Å². The molecule has 1 aromatic rings. The molecule has 21 heavy (non-hydrogen) atoms. The standard InChI is InChI=1S/C19H31NO/c1-4-13-20-18(14-15-5-7-17(21)8-6-15)16-9-11-19(2,3)12-10-16/h5-8,16,18,20-21H,4,9-14H2,1-3H3. The van der Waals surface area contributed by atoms with Gasteiger partial charge in [-0.3, -0.25) is 0 Å². The summed E-state index contributed by atoms with van der Waals surface area (Å²) in [5.74, 6) is 1.15. The van der Waals surface area contributed by atoms with Crippen molar-refractivity contribution in [1.29, 1.82) is 0 Å². The maximum atomic E-state index is 9.42. The van der Waals surface area contributed by atoms with Crippen molar-refractivity contribution in [1.82, 2.24) is 5.32 Å². The quantitative estimate of drug-likeness (QED) is 0.807. The van der Waals surface area contributed by atoms with Crippen LogP contribution in [0.15, 0.2) is 24.3 Å². The second kappa shape index (κ2) is 7.31. The number of nitrogens with one attached hydrogen (secondary N) is 1. The number of benzene rings is 1. The third kappa shape index (κ3) is 5.03. The van der Waals surface area contributed by atoms with E-state index in [2.05, 4.69) is 38.2 Å². The third-order valence-electron chi connectivity index (χ3n) is 5.00. The highest BCUT2D eigenvalue weighted by atomic mass is 16.3. The van der Waals surface area contributed by atoms with E-state index < -0.39 is 0 Å². The van der Waals surface area contributed by atoms with E-state index in [-0.39, 0.29) is 0 Å². The van der Waals surface area contributed by atoms with E-state index in [1.54, 1.807) is 12.1 Å². The summed E-state index contributed by atoms with van der Waals surface area (Å²) in [4.78, 5) is 0. The molecule has 1 aliphatic rings. The molecule has 0 heterocycles. The molecule has 2 heteroatoms. The molecule has 2 rings (SSSR count). The Morgan fingerprint density at radius 2 is 1.81 bits per heavy atom. The van der Waals surface area contributed by atoms with Gasteiger partial charge in [0.1, 0.15) is 5.75 Å². The lowest BCUT2D eigenvalue weighted by atomic mass is 9.70. The molecule has 0 amide bonds. The van der Waals surface area contributed by atoms with Gasteiger partial charge in [0.15, 0.2) is 0 Å². The third-order valence-corrected chi connectivity index (χ3v) is 5.00. The lowest BCUT2D eigenvalue weighted by molar-refractivity contribution is 0.160. The number of phenolic OH excluding ortho intramolecular Hbond substituents is 1. The Morgan fingerprint density at radius 3 is 2.38 bits per heavy atom. The minimum Gasteiger partial charge on any atom is -0.508 e. The van der Waals surface area contributed by atoms with Crippen LogP contribution in [-0.2, 0) is 6.42 Å². The topological polar surface area (TPSA) is 32.3 Å². The van der Waals surface area contributed by atoms with Crippen molar-refractivity contribution in [2.24, 2.45) is 11.3 Å². The molecule has 1 aliphatic carbocycles. The van der Waals surface area contributed by atoms with E-state index in [0.717, 1.165) is 18.9 Å². The molecular formula is C19H31NO. The summed E-state index contributed by atoms with van der Waals surface area (Å²) in [5.41, 5.74) is 1.86. The summed E-state index contributed by atoms with van der Waals surface area (Å²) in [7, 11) is 0. The lowest BCUT2D eigenvalue weighted by Crippen LogP contribution is -2.41. The van der Waals surface area contributed by atoms with Gasteiger partial charge in [-0.05, 0) is 74.1 Å². The Hall–Kier alpha value is -1.02. The molecule has 0 aromatic heterocycles. The predicted molar refractivity (Wildman–Crippen MR) is 89.6 cm³/mol. The normalized spacial score (nSPS) is 20.3. The molecule has 118 valence electrons. The van der Waals surface area contributed by atoms with Crippen molar-refractivity contribution in [3.8, 4) is 5.75 Å². The van der Waals surface area contributed by atoms with Gasteiger partial charge < -0.3 is 10.4 Å². The van der Waals surface area contributed by atoms with E-state index in [9.17, 15) is 5.11 Å². The maximum absolute atomic E-state index is 9.42. The second-order valence-electron chi connectivity index (χ2n) is 7.43. The fourth-order valence-corrected chi connectivity index (χ4v) is 3.45. The molecule has 2 nitrogen and oxygen atoms in total. The number of hydrogen-bond acceptors (Lipinski definition) is 2. The first kappa shape index (κ1) is 16.4. The van der Waals surface area contributed by atoms with Crippen molar-refractivity contribution in [2.45, 2.75) is 65.3 Å². The summed E-state index contributed by atoms with van der Waals surface area (Å²) in [5, 5.41) is 13.2. The van der Waals surface area contributed by atoms with Crippen LogP contribution in [0, 0.1) is 11.3 Å². The first-order chi connectivity index (χ1) is 10.00. The molecule has 1 fully saturated rings. The average Bonchev–Trinajstić information content (AvgIpc) is 2.46. The van der Waals surface area contributed by atoms with Gasteiger partial charge in [0.2, 0.25) is 0 Å². The molecule has 1 unspecified atom stereocenters. The van der Waals surface area contributed by atoms with E-state index in [1.165, 1.54) is 37.7 Å². The van der Waals surface area contributed by atoms with Gasteiger partial charge >= 0.3 is 0 Å². The fourth-order valence-electron chi connectivity index (χ4n) is 3.45. The minimum absolute atomic E-state index is 0.358. The van der Waals surface area contributed by atoms with Crippen molar-refractivity contribution >= 4 is 0 Å². The summed E-state index contributed by atoms with van der Waals surface area (Å²) in [6.07, 6.45) is 7.63. The van der Waals surface area contributed by atoms with Crippen LogP contribution < -0.4 is 5.32 Å². The molecule has 2 N–H and O–H groups in total. The van der Waals surface area contributed by atoms with Crippen molar-refractivity contribution in [3.63, 3.8) is 0 Å². The smallest absolute Gasteiger partial charge is 0.115 e. The van der Waals surface area contributed by atoms with Gasteiger partial charge in [-0.1, -0.05) is 32.9 Å². The number of hydrogen-bond donors (Lipinski definition) is 2. The summed E-state index contributed by atoms with van der Waals surface area (Å²) < 4.78 is 0. The molecule has 0 saturated heterocycles. The molecule has 1 atom stereocenters. The first-order valence-electron chi connectivity index (χ1n) is 8.51. The average molecular weight is 289 g/mol. The molecule has 0 bridgehead atoms. The number of aromatic hydroxyl groups is 1. The highest BCUT2D eigenvalue weighted by molar-refractivity contribution is 5.26. The Kier molecular flexibility index (Phi) is 5.69. The first-order valence-corrected chi connectivity index (χ1v) is 8.51. The van der Waals surface area contributed by atoms with E-state index in [4.69, 9.17) is 0 Å². The zero-order valence-electron chi connectivity index (χ0n) is 13.9. The van der Waals surface area contributed by atoms with Crippen LogP contribution in [0.4, 0.5) is 0 Å². The molecule has 1 saturated carbocycles. The Balaban J connectivity index is 1.99. The van der Waals surface area contributed by atoms with Crippen LogP contribution in [0.3, 0.4) is 0 Å². The van der Waals surface area contributed by atoms with Crippen LogP contribution >= 0.6 is 0 Å². The zero-order valence-corrected chi connectivity index (χ0v) is 13.9. The fraction of sp³-hybridized carbons (Fsp3) is 0.684. The van der Waals surface area contributed by atoms with Gasteiger partial charge in [-0.25, -0.2) is 0 Å². The minimum atomic E-state index is 0.358. The van der Waals surface area contributed by atoms with Gasteiger partial charge in [0.25, 0.3) is 0 Å². The monoisotopic (exact) mass is 289 g/mol. The Bertz CT molecular complexity index is 414. The van der Waals surface area contributed by atoms with Crippen LogP contribution in [0.25, 0.3) is 0 Å². The number of rotatable bonds is 6. The lowest BCUT2D eigenvalue weighted by Gasteiger charge is -2.38. The number of phenols is 1. The van der Waals surface area contributed by atoms with Gasteiger partial charge in [0.05, 0.1) is 0 Å². The molecular weight excluding hydrogens is 258 g/mol. The Morgan fingerprint density at radius 1 is 1.19 bits per heavy atom. The second-order valence-corrected chi connectivity index (χ2v) is 7.43. The van der Waals surface area contributed by atoms with E-state index in [0.29, 0.717) is 17.2 Å². The van der Waals surface area contributed by atoms with Crippen molar-refractivity contribution < 1.29 is 5.11 Å². The van der Waals surface area contributed by atoms with Crippen LogP contribution in [0.1, 0.15) is 58.4 Å².